The molecule has 2 saturated carbocycles. The number of carbonyl (C=O) groups is 2. The second-order valence-electron chi connectivity index (χ2n) is 9.68. The van der Waals surface area contributed by atoms with E-state index in [0.29, 0.717) is 36.4 Å². The van der Waals surface area contributed by atoms with E-state index in [2.05, 4.69) is 25.7 Å². The third-order valence-corrected chi connectivity index (χ3v) is 7.57. The first kappa shape index (κ1) is 23.9. The van der Waals surface area contributed by atoms with Gasteiger partial charge in [0.15, 0.2) is 11.6 Å². The van der Waals surface area contributed by atoms with Gasteiger partial charge in [-0.3, -0.25) is 25.6 Å². The largest absolute Gasteiger partial charge is 0.352 e. The van der Waals surface area contributed by atoms with E-state index in [4.69, 9.17) is 11.6 Å². The molecule has 182 valence electrons. The molecule has 3 aliphatic rings. The number of hydrogen-bond donors (Lipinski definition) is 3. The Morgan fingerprint density at radius 2 is 2.12 bits per heavy atom. The van der Waals surface area contributed by atoms with Crippen LogP contribution in [0.3, 0.4) is 0 Å². The number of halogens is 2. The van der Waals surface area contributed by atoms with Crippen molar-refractivity contribution in [3.8, 4) is 0 Å². The van der Waals surface area contributed by atoms with Crippen molar-refractivity contribution in [1.29, 1.82) is 0 Å². The van der Waals surface area contributed by atoms with E-state index in [-0.39, 0.29) is 35.4 Å². The Morgan fingerprint density at radius 1 is 1.39 bits per heavy atom. The third kappa shape index (κ3) is 4.99. The molecule has 1 saturated heterocycles. The molecule has 0 aromatic carbocycles. The lowest BCUT2D eigenvalue weighted by molar-refractivity contribution is -0.154. The summed E-state index contributed by atoms with van der Waals surface area (Å²) in [6.45, 7) is 1.17. The van der Waals surface area contributed by atoms with Gasteiger partial charge in [0.05, 0.1) is 12.5 Å². The number of rotatable bonds is 10. The van der Waals surface area contributed by atoms with Crippen molar-refractivity contribution in [1.82, 2.24) is 25.4 Å². The van der Waals surface area contributed by atoms with E-state index in [0.717, 1.165) is 32.1 Å². The molecule has 3 N–H and O–H groups in total. The molecule has 12 heteroatoms. The normalized spacial score (nSPS) is 25.2. The molecule has 0 bridgehead atoms. The summed E-state index contributed by atoms with van der Waals surface area (Å²) < 4.78 is 15.3. The van der Waals surface area contributed by atoms with Gasteiger partial charge in [-0.05, 0) is 50.4 Å². The van der Waals surface area contributed by atoms with Gasteiger partial charge in [0.25, 0.3) is 0 Å². The fourth-order valence-corrected chi connectivity index (χ4v) is 5.58. The molecule has 3 fully saturated rings. The molecular formula is C21H31ClFN7O3. The Labute approximate surface area is 197 Å². The lowest BCUT2D eigenvalue weighted by Crippen LogP contribution is -2.41. The second kappa shape index (κ2) is 9.55. The molecule has 3 atom stereocenters. The van der Waals surface area contributed by atoms with Crippen molar-refractivity contribution in [2.45, 2.75) is 44.1 Å². The minimum atomic E-state index is -0.695. The molecule has 1 aromatic rings. The molecule has 2 aliphatic carbocycles. The molecule has 33 heavy (non-hydrogen) atoms. The van der Waals surface area contributed by atoms with Gasteiger partial charge in [-0.15, -0.1) is 0 Å². The summed E-state index contributed by atoms with van der Waals surface area (Å²) in [5.41, 5.74) is 5.04. The predicted octanol–water partition coefficient (Wildman–Crippen LogP) is 1.90. The monoisotopic (exact) mass is 483 g/mol. The molecule has 0 spiro atoms. The Balaban J connectivity index is 1.43. The molecular weight excluding hydrogens is 453 g/mol. The third-order valence-electron chi connectivity index (χ3n) is 7.40. The van der Waals surface area contributed by atoms with Crippen molar-refractivity contribution >= 4 is 35.6 Å². The number of anilines is 2. The van der Waals surface area contributed by atoms with E-state index in [9.17, 15) is 14.8 Å². The van der Waals surface area contributed by atoms with E-state index < -0.39 is 17.6 Å². The van der Waals surface area contributed by atoms with Crippen LogP contribution in [0.4, 0.5) is 16.0 Å². The summed E-state index contributed by atoms with van der Waals surface area (Å²) in [5.74, 6) is -1.14. The van der Waals surface area contributed by atoms with Crippen LogP contribution >= 0.6 is 11.6 Å². The zero-order valence-corrected chi connectivity index (χ0v) is 19.7. The number of amides is 2. The van der Waals surface area contributed by atoms with Crippen LogP contribution in [-0.4, -0.2) is 76.7 Å². The highest BCUT2D eigenvalue weighted by atomic mass is 35.5. The molecule has 10 nitrogen and oxygen atoms in total. The van der Waals surface area contributed by atoms with Gasteiger partial charge in [-0.25, -0.2) is 5.06 Å². The van der Waals surface area contributed by atoms with Gasteiger partial charge in [-0.1, -0.05) is 25.7 Å². The van der Waals surface area contributed by atoms with Crippen LogP contribution in [0.5, 0.6) is 0 Å². The minimum absolute atomic E-state index is 0.0356. The minimum Gasteiger partial charge on any atom is -0.352 e. The molecule has 4 rings (SSSR count). The maximum atomic E-state index is 15.3. The molecule has 2 heterocycles. The van der Waals surface area contributed by atoms with Crippen LogP contribution < -0.4 is 15.8 Å². The lowest BCUT2D eigenvalue weighted by atomic mass is 9.92. The highest BCUT2D eigenvalue weighted by Crippen LogP contribution is 2.53. The first-order chi connectivity index (χ1) is 15.7. The van der Waals surface area contributed by atoms with Crippen molar-refractivity contribution in [3.05, 3.63) is 11.1 Å². The number of nitrogens with zero attached hydrogens (tertiary/aromatic N) is 5. The number of carbonyl (C=O) groups excluding carboxylic acids is 2. The average molecular weight is 484 g/mol. The first-order valence-corrected chi connectivity index (χ1v) is 11.7. The number of hydrazine groups is 1. The Bertz CT molecular complexity index is 901. The average Bonchev–Trinajstić information content (AvgIpc) is 3.12. The highest BCUT2D eigenvalue weighted by molar-refractivity contribution is 6.28. The number of fused-ring (bicyclic) bond motifs is 1. The molecule has 1 aliphatic heterocycles. The number of hydroxylamine groups is 2. The van der Waals surface area contributed by atoms with E-state index in [1.807, 2.05) is 19.0 Å². The summed E-state index contributed by atoms with van der Waals surface area (Å²) in [6.07, 6.45) is 6.09. The van der Waals surface area contributed by atoms with Crippen LogP contribution in [0, 0.1) is 23.6 Å². The first-order valence-electron chi connectivity index (χ1n) is 11.4. The van der Waals surface area contributed by atoms with E-state index in [1.165, 1.54) is 0 Å². The number of aromatic nitrogens is 2. The molecule has 1 aromatic heterocycles. The van der Waals surface area contributed by atoms with Crippen molar-refractivity contribution in [2.75, 3.05) is 44.1 Å². The summed E-state index contributed by atoms with van der Waals surface area (Å²) in [4.78, 5) is 35.7. The molecule has 2 unspecified atom stereocenters. The summed E-state index contributed by atoms with van der Waals surface area (Å²) >= 11 is 6.07. The Morgan fingerprint density at radius 3 is 2.76 bits per heavy atom. The van der Waals surface area contributed by atoms with E-state index in [1.54, 1.807) is 0 Å². The van der Waals surface area contributed by atoms with Crippen molar-refractivity contribution < 1.29 is 19.2 Å². The van der Waals surface area contributed by atoms with Gasteiger partial charge >= 0.3 is 0 Å². The number of hydrogen-bond acceptors (Lipinski definition) is 8. The van der Waals surface area contributed by atoms with Crippen molar-refractivity contribution in [2.24, 2.45) is 17.8 Å². The maximum absolute atomic E-state index is 15.3. The van der Waals surface area contributed by atoms with Gasteiger partial charge in [0.2, 0.25) is 23.4 Å². The summed E-state index contributed by atoms with van der Waals surface area (Å²) in [7, 11) is 4.05. The van der Waals surface area contributed by atoms with Crippen LogP contribution in [-0.2, 0) is 9.59 Å². The number of likely N-dealkylation sites (N-methyl/N-ethyl adjacent to an activating group) is 1. The molecule has 0 radical (unpaired) electrons. The summed E-state index contributed by atoms with van der Waals surface area (Å²) in [5, 5.41) is 9.94. The van der Waals surface area contributed by atoms with Crippen molar-refractivity contribution in [3.63, 3.8) is 0 Å². The van der Waals surface area contributed by atoms with Gasteiger partial charge < -0.3 is 9.80 Å². The maximum Gasteiger partial charge on any atom is 0.243 e. The lowest BCUT2D eigenvalue weighted by Gasteiger charge is -2.27. The Kier molecular flexibility index (Phi) is 6.92. The zero-order valence-electron chi connectivity index (χ0n) is 18.9. The van der Waals surface area contributed by atoms with Gasteiger partial charge in [0.1, 0.15) is 0 Å². The van der Waals surface area contributed by atoms with Crippen LogP contribution in [0.2, 0.25) is 5.28 Å². The summed E-state index contributed by atoms with van der Waals surface area (Å²) in [6, 6.07) is 0. The number of nitrogens with one attached hydrogen (secondary N) is 2. The Hall–Kier alpha value is -2.24. The topological polar surface area (TPSA) is 114 Å². The van der Waals surface area contributed by atoms with Gasteiger partial charge in [0, 0.05) is 18.6 Å². The zero-order chi connectivity index (χ0) is 23.8. The standard InChI is InChI=1S/C21H31ClFN7O3/c1-28(2)21-8-15(21)10-29(11-21)18-16(23)17(24-20(22)25-18)26-27-19(32)14(9-30(33)12-31)7-13-5-3-4-6-13/h12-15,33H,3-11H2,1-2H3,(H,27,32)(H,24,25,26)/t14-,15?,21?/m0/s1. The van der Waals surface area contributed by atoms with E-state index >= 15 is 4.39 Å². The SMILES string of the molecule is CN(C)C12CC1CN(c1nc(Cl)nc(NNC(=O)[C@@H](CC3CCCC3)CN(O)C=O)c1F)C2. The van der Waals surface area contributed by atoms with Gasteiger partial charge in [-0.2, -0.15) is 14.4 Å². The smallest absolute Gasteiger partial charge is 0.243 e. The fourth-order valence-electron chi connectivity index (χ4n) is 5.41. The van der Waals surface area contributed by atoms with Crippen LogP contribution in [0.25, 0.3) is 0 Å². The van der Waals surface area contributed by atoms with Crippen LogP contribution in [0.1, 0.15) is 38.5 Å². The predicted molar refractivity (Wildman–Crippen MR) is 120 cm³/mol. The quantitative estimate of drug-likeness (QED) is 0.200. The fraction of sp³-hybridized carbons (Fsp3) is 0.714. The number of piperidine rings is 1. The van der Waals surface area contributed by atoms with Crippen LogP contribution in [0.15, 0.2) is 0 Å². The molecule has 2 amide bonds. The highest BCUT2D eigenvalue weighted by Gasteiger charge is 2.62. The second-order valence-corrected chi connectivity index (χ2v) is 10.0.